The first kappa shape index (κ1) is 7.94. The van der Waals surface area contributed by atoms with Gasteiger partial charge in [0.1, 0.15) is 6.11 Å². The van der Waals surface area contributed by atoms with Crippen LogP contribution >= 0.6 is 0 Å². The van der Waals surface area contributed by atoms with E-state index in [0.717, 1.165) is 5.92 Å². The van der Waals surface area contributed by atoms with E-state index in [1.54, 1.807) is 0 Å². The summed E-state index contributed by atoms with van der Waals surface area (Å²) in [6, 6.07) is 0. The van der Waals surface area contributed by atoms with Crippen LogP contribution in [0.4, 0.5) is 0 Å². The van der Waals surface area contributed by atoms with Crippen LogP contribution in [0.5, 0.6) is 0 Å². The number of rotatable bonds is 1. The van der Waals surface area contributed by atoms with Gasteiger partial charge in [-0.05, 0) is 18.8 Å². The monoisotopic (exact) mass is 165 g/mol. The molecule has 0 amide bonds. The van der Waals surface area contributed by atoms with Crippen LogP contribution in [0.15, 0.2) is 0 Å². The number of piperidine rings is 3. The zero-order chi connectivity index (χ0) is 8.39. The molecule has 3 heterocycles. The van der Waals surface area contributed by atoms with Crippen molar-refractivity contribution in [2.75, 3.05) is 13.1 Å². The molecular formula is C10H15NO. The second-order valence-corrected chi connectivity index (χ2v) is 3.64. The van der Waals surface area contributed by atoms with Crippen molar-refractivity contribution in [3.8, 4) is 12.0 Å². The van der Waals surface area contributed by atoms with Gasteiger partial charge in [0.25, 0.3) is 0 Å². The molecule has 0 N–H and O–H groups in total. The lowest BCUT2D eigenvalue weighted by Crippen LogP contribution is -2.49. The summed E-state index contributed by atoms with van der Waals surface area (Å²) in [6.07, 6.45) is 6.92. The highest BCUT2D eigenvalue weighted by atomic mass is 16.5. The van der Waals surface area contributed by atoms with E-state index < -0.39 is 0 Å². The van der Waals surface area contributed by atoms with Gasteiger partial charge in [-0.1, -0.05) is 5.92 Å². The number of hydrogen-bond donors (Lipinski definition) is 0. The Balaban J connectivity index is 1.93. The molecule has 0 radical (unpaired) electrons. The van der Waals surface area contributed by atoms with Gasteiger partial charge in [0.05, 0.1) is 0 Å². The van der Waals surface area contributed by atoms with E-state index in [2.05, 4.69) is 16.9 Å². The number of ether oxygens (including phenoxy) is 1. The summed E-state index contributed by atoms with van der Waals surface area (Å²) in [6.45, 7) is 4.23. The molecule has 3 aliphatic heterocycles. The molecule has 3 saturated heterocycles. The Kier molecular flexibility index (Phi) is 2.23. The van der Waals surface area contributed by atoms with E-state index in [0.29, 0.717) is 6.23 Å². The third-order valence-corrected chi connectivity index (χ3v) is 2.89. The standard InChI is InChI=1S/C10H15NO/c1-2-7-12-10-8-9-3-5-11(10)6-4-9/h9-10H,3-6,8H2,1H3/t10-/m1/s1. The van der Waals surface area contributed by atoms with Crippen molar-refractivity contribution in [3.63, 3.8) is 0 Å². The van der Waals surface area contributed by atoms with Crippen LogP contribution in [0.3, 0.4) is 0 Å². The molecule has 0 spiro atoms. The lowest BCUT2D eigenvalue weighted by atomic mass is 9.87. The van der Waals surface area contributed by atoms with Crippen molar-refractivity contribution in [1.29, 1.82) is 0 Å². The summed E-state index contributed by atoms with van der Waals surface area (Å²) in [5.41, 5.74) is 0. The molecule has 2 heteroatoms. The van der Waals surface area contributed by atoms with Crippen LogP contribution in [-0.2, 0) is 4.74 Å². The summed E-state index contributed by atoms with van der Waals surface area (Å²) in [5, 5.41) is 0. The van der Waals surface area contributed by atoms with E-state index >= 15 is 0 Å². The van der Waals surface area contributed by atoms with Gasteiger partial charge in [-0.25, -0.2) is 0 Å². The first-order valence-corrected chi connectivity index (χ1v) is 4.71. The maximum Gasteiger partial charge on any atom is 0.164 e. The van der Waals surface area contributed by atoms with Gasteiger partial charge in [0, 0.05) is 26.4 Å². The van der Waals surface area contributed by atoms with E-state index in [1.807, 2.05) is 6.92 Å². The molecule has 2 bridgehead atoms. The summed E-state index contributed by atoms with van der Waals surface area (Å²) in [4.78, 5) is 2.41. The number of hydrogen-bond acceptors (Lipinski definition) is 2. The maximum absolute atomic E-state index is 5.43. The molecule has 12 heavy (non-hydrogen) atoms. The van der Waals surface area contributed by atoms with Gasteiger partial charge in [0.15, 0.2) is 6.23 Å². The summed E-state index contributed by atoms with van der Waals surface area (Å²) >= 11 is 0. The largest absolute Gasteiger partial charge is 0.427 e. The minimum Gasteiger partial charge on any atom is -0.427 e. The first-order chi connectivity index (χ1) is 5.90. The van der Waals surface area contributed by atoms with Gasteiger partial charge in [0.2, 0.25) is 0 Å². The van der Waals surface area contributed by atoms with Crippen molar-refractivity contribution in [1.82, 2.24) is 4.90 Å². The third-order valence-electron chi connectivity index (χ3n) is 2.89. The van der Waals surface area contributed by atoms with Crippen LogP contribution < -0.4 is 0 Å². The van der Waals surface area contributed by atoms with Crippen molar-refractivity contribution >= 4 is 0 Å². The fraction of sp³-hybridized carbons (Fsp3) is 0.800. The molecule has 3 aliphatic rings. The van der Waals surface area contributed by atoms with E-state index in [9.17, 15) is 0 Å². The molecule has 0 aliphatic carbocycles. The van der Waals surface area contributed by atoms with Crippen molar-refractivity contribution in [3.05, 3.63) is 0 Å². The van der Waals surface area contributed by atoms with E-state index in [1.165, 1.54) is 32.4 Å². The van der Waals surface area contributed by atoms with Crippen LogP contribution in [0.2, 0.25) is 0 Å². The lowest BCUT2D eigenvalue weighted by Gasteiger charge is -2.43. The Morgan fingerprint density at radius 1 is 1.33 bits per heavy atom. The van der Waals surface area contributed by atoms with Gasteiger partial charge in [-0.15, -0.1) is 0 Å². The molecule has 3 fully saturated rings. The molecule has 0 unspecified atom stereocenters. The topological polar surface area (TPSA) is 12.5 Å². The Morgan fingerprint density at radius 3 is 2.58 bits per heavy atom. The average Bonchev–Trinajstić information content (AvgIpc) is 2.17. The number of fused-ring (bicyclic) bond motifs is 3. The van der Waals surface area contributed by atoms with Crippen molar-refractivity contribution < 1.29 is 4.74 Å². The normalized spacial score (nSPS) is 38.6. The molecule has 3 rings (SSSR count). The Morgan fingerprint density at radius 2 is 2.08 bits per heavy atom. The van der Waals surface area contributed by atoms with Crippen LogP contribution in [0, 0.1) is 17.9 Å². The van der Waals surface area contributed by atoms with Gasteiger partial charge >= 0.3 is 0 Å². The second kappa shape index (κ2) is 3.37. The Labute approximate surface area is 73.9 Å². The zero-order valence-electron chi connectivity index (χ0n) is 7.55. The Hall–Kier alpha value is -0.680. The van der Waals surface area contributed by atoms with Crippen molar-refractivity contribution in [2.45, 2.75) is 32.4 Å². The first-order valence-electron chi connectivity index (χ1n) is 4.71. The van der Waals surface area contributed by atoms with Gasteiger partial charge in [-0.3, -0.25) is 4.90 Å². The number of nitrogens with zero attached hydrogens (tertiary/aromatic N) is 1. The van der Waals surface area contributed by atoms with Crippen LogP contribution in [-0.4, -0.2) is 24.2 Å². The fourth-order valence-corrected chi connectivity index (χ4v) is 2.16. The highest BCUT2D eigenvalue weighted by Gasteiger charge is 2.34. The fourth-order valence-electron chi connectivity index (χ4n) is 2.16. The molecule has 0 aromatic rings. The smallest absolute Gasteiger partial charge is 0.164 e. The maximum atomic E-state index is 5.43. The summed E-state index contributed by atoms with van der Waals surface area (Å²) < 4.78 is 5.43. The van der Waals surface area contributed by atoms with Gasteiger partial charge in [-0.2, -0.15) is 0 Å². The minimum absolute atomic E-state index is 0.296. The molecule has 1 atom stereocenters. The third kappa shape index (κ3) is 1.42. The summed E-state index contributed by atoms with van der Waals surface area (Å²) in [7, 11) is 0. The van der Waals surface area contributed by atoms with Crippen LogP contribution in [0.25, 0.3) is 0 Å². The quantitative estimate of drug-likeness (QED) is 0.545. The van der Waals surface area contributed by atoms with E-state index in [-0.39, 0.29) is 0 Å². The summed E-state index contributed by atoms with van der Waals surface area (Å²) in [5.74, 6) is 3.68. The Bertz CT molecular complexity index is 208. The highest BCUT2D eigenvalue weighted by Crippen LogP contribution is 2.31. The molecule has 66 valence electrons. The van der Waals surface area contributed by atoms with E-state index in [4.69, 9.17) is 4.74 Å². The SMILES string of the molecule is CC#CO[C@@H]1CC2CCN1CC2. The molecule has 2 nitrogen and oxygen atoms in total. The lowest BCUT2D eigenvalue weighted by molar-refractivity contribution is -0.0761. The molecule has 0 aromatic heterocycles. The zero-order valence-corrected chi connectivity index (χ0v) is 7.55. The predicted octanol–water partition coefficient (Wildman–Crippen LogP) is 1.43. The predicted molar refractivity (Wildman–Crippen MR) is 47.2 cm³/mol. The van der Waals surface area contributed by atoms with Crippen molar-refractivity contribution in [2.24, 2.45) is 5.92 Å². The van der Waals surface area contributed by atoms with Crippen LogP contribution in [0.1, 0.15) is 26.2 Å². The highest BCUT2D eigenvalue weighted by molar-refractivity contribution is 4.90. The molecule has 0 saturated carbocycles. The average molecular weight is 165 g/mol. The molecule has 0 aromatic carbocycles. The molecular weight excluding hydrogens is 150 g/mol. The van der Waals surface area contributed by atoms with Gasteiger partial charge < -0.3 is 4.74 Å². The minimum atomic E-state index is 0.296. The second-order valence-electron chi connectivity index (χ2n) is 3.64.